The summed E-state index contributed by atoms with van der Waals surface area (Å²) in [4.78, 5) is 11.2. The molecule has 36 heavy (non-hydrogen) atoms. The van der Waals surface area contributed by atoms with Crippen molar-refractivity contribution < 1.29 is 48.4 Å². The van der Waals surface area contributed by atoms with E-state index >= 15 is 0 Å². The Balaban J connectivity index is 2.14. The van der Waals surface area contributed by atoms with Crippen LogP contribution in [-0.4, -0.2) is 57.2 Å². The molecule has 3 aromatic carbocycles. The maximum absolute atomic E-state index is 12.7. The molecule has 0 heterocycles. The summed E-state index contributed by atoms with van der Waals surface area (Å²) in [6.07, 6.45) is -0.194. The Bertz CT molecular complexity index is 1650. The van der Waals surface area contributed by atoms with Crippen LogP contribution >= 0.6 is 0 Å². The van der Waals surface area contributed by atoms with Gasteiger partial charge >= 0.3 is 0 Å². The molecule has 6 N–H and O–H groups in total. The van der Waals surface area contributed by atoms with Gasteiger partial charge < -0.3 is 15.8 Å². The zero-order valence-electron chi connectivity index (χ0n) is 18.1. The Morgan fingerprint density at radius 3 is 2.08 bits per heavy atom. The zero-order chi connectivity index (χ0) is 26.9. The Morgan fingerprint density at radius 2 is 1.53 bits per heavy atom. The largest absolute Gasteiger partial charge is 0.493 e. The molecule has 3 rings (SSSR count). The summed E-state index contributed by atoms with van der Waals surface area (Å²) in [5, 5.41) is 2.28. The molecule has 0 aliphatic rings. The van der Waals surface area contributed by atoms with Crippen molar-refractivity contribution in [3.8, 4) is 5.75 Å². The molecule has 13 nitrogen and oxygen atoms in total. The lowest BCUT2D eigenvalue weighted by Gasteiger charge is -2.15. The first-order valence-corrected chi connectivity index (χ1v) is 14.4. The minimum Gasteiger partial charge on any atom is -0.493 e. The van der Waals surface area contributed by atoms with Gasteiger partial charge in [0.2, 0.25) is 0 Å². The van der Waals surface area contributed by atoms with E-state index in [0.29, 0.717) is 5.69 Å². The normalized spacial score (nSPS) is 12.4. The van der Waals surface area contributed by atoms with Crippen LogP contribution in [-0.2, 0) is 30.4 Å². The van der Waals surface area contributed by atoms with Crippen molar-refractivity contribution in [2.75, 3.05) is 23.4 Å². The summed E-state index contributed by atoms with van der Waals surface area (Å²) < 4.78 is 103. The molecule has 0 atom stereocenters. The van der Waals surface area contributed by atoms with E-state index in [-0.39, 0.29) is 40.8 Å². The first-order valence-electron chi connectivity index (χ1n) is 9.86. The molecule has 0 saturated heterocycles. The highest BCUT2D eigenvalue weighted by molar-refractivity contribution is 7.86. The number of nitrogens with one attached hydrogen (secondary N) is 1. The summed E-state index contributed by atoms with van der Waals surface area (Å²) in [6.45, 7) is -0.322. The lowest BCUT2D eigenvalue weighted by atomic mass is 10.1. The van der Waals surface area contributed by atoms with Gasteiger partial charge in [0.1, 0.15) is 10.6 Å². The molecule has 3 aromatic rings. The minimum atomic E-state index is -4.94. The van der Waals surface area contributed by atoms with Gasteiger partial charge in [0.15, 0.2) is 0 Å². The van der Waals surface area contributed by atoms with Gasteiger partial charge in [-0.25, -0.2) is 0 Å². The Hall–Kier alpha value is -3.28. The number of amides is 1. The van der Waals surface area contributed by atoms with Gasteiger partial charge in [0.25, 0.3) is 36.3 Å². The van der Waals surface area contributed by atoms with Crippen LogP contribution in [0.25, 0.3) is 10.8 Å². The molecule has 16 heteroatoms. The monoisotopic (exact) mass is 560 g/mol. The van der Waals surface area contributed by atoms with Crippen molar-refractivity contribution in [2.24, 2.45) is 0 Å². The quantitative estimate of drug-likeness (QED) is 0.143. The van der Waals surface area contributed by atoms with Crippen LogP contribution in [0, 0.1) is 0 Å². The fourth-order valence-corrected chi connectivity index (χ4v) is 4.84. The van der Waals surface area contributed by atoms with Crippen LogP contribution in [0.5, 0.6) is 5.75 Å². The second kappa shape index (κ2) is 10.00. The van der Waals surface area contributed by atoms with Crippen LogP contribution in [0.4, 0.5) is 11.4 Å². The minimum absolute atomic E-state index is 0.0502. The number of nitrogen functional groups attached to an aromatic ring is 1. The predicted molar refractivity (Wildman–Crippen MR) is 129 cm³/mol. The average molecular weight is 561 g/mol. The SMILES string of the molecule is Nc1ccc(C(=O)Nc2cc3c(OCCCS(=O)(=O)O)cc(S(=O)(=O)O)cc3cc2S(=O)(=O)O)cc1. The first-order chi connectivity index (χ1) is 16.5. The van der Waals surface area contributed by atoms with Crippen molar-refractivity contribution in [1.82, 2.24) is 0 Å². The summed E-state index contributed by atoms with van der Waals surface area (Å²) in [6, 6.07) is 9.41. The third-order valence-electron chi connectivity index (χ3n) is 4.79. The van der Waals surface area contributed by atoms with E-state index < -0.39 is 51.8 Å². The first kappa shape index (κ1) is 27.3. The number of hydrogen-bond acceptors (Lipinski definition) is 9. The van der Waals surface area contributed by atoms with E-state index in [4.69, 9.17) is 15.0 Å². The van der Waals surface area contributed by atoms with Crippen LogP contribution < -0.4 is 15.8 Å². The topological polar surface area (TPSA) is 227 Å². The van der Waals surface area contributed by atoms with Gasteiger partial charge in [-0.2, -0.15) is 25.3 Å². The molecular formula is C20H20N2O11S3. The highest BCUT2D eigenvalue weighted by atomic mass is 32.2. The standard InChI is InChI=1S/C20H20N2O11S3/c21-14-4-2-12(3-5-14)20(23)22-17-11-16-13(9-19(17)36(30,31)32)8-15(35(27,28)29)10-18(16)33-6-1-7-34(24,25)26/h2-5,8-11H,1,6-7,21H2,(H,22,23)(H,24,25,26)(H,27,28,29)(H,30,31,32). The van der Waals surface area contributed by atoms with E-state index in [1.807, 2.05) is 0 Å². The number of ether oxygens (including phenoxy) is 1. The summed E-state index contributed by atoms with van der Waals surface area (Å²) >= 11 is 0. The Labute approximate surface area is 206 Å². The molecule has 0 saturated carbocycles. The molecular weight excluding hydrogens is 540 g/mol. The number of carbonyl (C=O) groups excluding carboxylic acids is 1. The van der Waals surface area contributed by atoms with Crippen molar-refractivity contribution >= 4 is 58.4 Å². The number of fused-ring (bicyclic) bond motifs is 1. The van der Waals surface area contributed by atoms with Gasteiger partial charge in [-0.1, -0.05) is 0 Å². The molecule has 0 spiro atoms. The third-order valence-corrected chi connectivity index (χ3v) is 7.32. The third kappa shape index (κ3) is 6.90. The number of anilines is 2. The summed E-state index contributed by atoms with van der Waals surface area (Å²) in [5.41, 5.74) is 5.69. The van der Waals surface area contributed by atoms with Crippen molar-refractivity contribution in [3.05, 3.63) is 54.1 Å². The highest BCUT2D eigenvalue weighted by Crippen LogP contribution is 2.36. The van der Waals surface area contributed by atoms with Crippen molar-refractivity contribution in [2.45, 2.75) is 16.2 Å². The Morgan fingerprint density at radius 1 is 0.889 bits per heavy atom. The molecule has 0 aliphatic heterocycles. The number of carbonyl (C=O) groups is 1. The average Bonchev–Trinajstić information content (AvgIpc) is 2.74. The van der Waals surface area contributed by atoms with Gasteiger partial charge in [0, 0.05) is 22.7 Å². The number of nitrogens with two attached hydrogens (primary N) is 1. The summed E-state index contributed by atoms with van der Waals surface area (Å²) in [5.74, 6) is -1.64. The molecule has 194 valence electrons. The molecule has 0 aromatic heterocycles. The smallest absolute Gasteiger partial charge is 0.296 e. The number of benzene rings is 3. The fourth-order valence-electron chi connectivity index (χ4n) is 3.16. The summed E-state index contributed by atoms with van der Waals surface area (Å²) in [7, 11) is -14.0. The maximum Gasteiger partial charge on any atom is 0.296 e. The van der Waals surface area contributed by atoms with Gasteiger partial charge in [-0.3, -0.25) is 18.5 Å². The molecule has 0 fully saturated rings. The fraction of sp³-hybridized carbons (Fsp3) is 0.150. The lowest BCUT2D eigenvalue weighted by Crippen LogP contribution is -2.15. The van der Waals surface area contributed by atoms with Crippen LogP contribution in [0.3, 0.4) is 0 Å². The van der Waals surface area contributed by atoms with E-state index in [1.165, 1.54) is 24.3 Å². The maximum atomic E-state index is 12.7. The van der Waals surface area contributed by atoms with Gasteiger partial charge in [-0.05, 0) is 54.3 Å². The van der Waals surface area contributed by atoms with Crippen LogP contribution in [0.1, 0.15) is 16.8 Å². The van der Waals surface area contributed by atoms with E-state index in [2.05, 4.69) is 5.32 Å². The highest BCUT2D eigenvalue weighted by Gasteiger charge is 2.22. The van der Waals surface area contributed by atoms with Crippen molar-refractivity contribution in [3.63, 3.8) is 0 Å². The van der Waals surface area contributed by atoms with E-state index in [0.717, 1.165) is 24.3 Å². The molecule has 1 amide bonds. The molecule has 0 radical (unpaired) electrons. The van der Waals surface area contributed by atoms with E-state index in [9.17, 15) is 39.2 Å². The van der Waals surface area contributed by atoms with E-state index in [1.54, 1.807) is 0 Å². The zero-order valence-corrected chi connectivity index (χ0v) is 20.6. The predicted octanol–water partition coefficient (Wildman–Crippen LogP) is 1.82. The van der Waals surface area contributed by atoms with Crippen molar-refractivity contribution in [1.29, 1.82) is 0 Å². The number of hydrogen-bond donors (Lipinski definition) is 5. The second-order valence-corrected chi connectivity index (χ2v) is 11.9. The molecule has 0 aliphatic carbocycles. The molecule has 0 bridgehead atoms. The number of rotatable bonds is 9. The molecule has 0 unspecified atom stereocenters. The van der Waals surface area contributed by atoms with Crippen LogP contribution in [0.15, 0.2) is 58.3 Å². The van der Waals surface area contributed by atoms with Gasteiger partial charge in [-0.15, -0.1) is 0 Å². The Kier molecular flexibility index (Phi) is 7.58. The van der Waals surface area contributed by atoms with Crippen LogP contribution in [0.2, 0.25) is 0 Å². The lowest BCUT2D eigenvalue weighted by molar-refractivity contribution is 0.102. The van der Waals surface area contributed by atoms with Gasteiger partial charge in [0.05, 0.1) is 22.9 Å². The second-order valence-electron chi connectivity index (χ2n) is 7.51.